The van der Waals surface area contributed by atoms with Crippen molar-refractivity contribution in [2.75, 3.05) is 32.9 Å². The molecule has 6 bridgehead atoms. The van der Waals surface area contributed by atoms with Crippen LogP contribution in [0.15, 0.2) is 115 Å². The number of aromatic hydroxyl groups is 3. The summed E-state index contributed by atoms with van der Waals surface area (Å²) < 4.78 is 0. The van der Waals surface area contributed by atoms with Crippen molar-refractivity contribution >= 4 is 17.0 Å². The molecule has 6 aliphatic rings. The number of phenols is 3. The summed E-state index contributed by atoms with van der Waals surface area (Å²) in [5, 5.41) is 58.2. The van der Waals surface area contributed by atoms with Crippen molar-refractivity contribution < 1.29 is 30.6 Å². The molecule has 0 aromatic heterocycles. The molecule has 0 radical (unpaired) electrons. The van der Waals surface area contributed by atoms with E-state index in [1.165, 1.54) is 106 Å². The number of fused-ring (bicyclic) bond motifs is 6. The van der Waals surface area contributed by atoms with Crippen LogP contribution in [-0.4, -0.2) is 74.5 Å². The van der Waals surface area contributed by atoms with Gasteiger partial charge in [0.05, 0.1) is 6.61 Å². The Kier molecular flexibility index (Phi) is 18.2. The highest BCUT2D eigenvalue weighted by molar-refractivity contribution is 8.93. The smallest absolute Gasteiger partial charge is 0.115 e. The maximum atomic E-state index is 10.1. The summed E-state index contributed by atoms with van der Waals surface area (Å²) in [4.78, 5) is 2.72. The van der Waals surface area contributed by atoms with E-state index in [9.17, 15) is 25.5 Å². The molecule has 5 aliphatic carbocycles. The van der Waals surface area contributed by atoms with Crippen LogP contribution in [0.2, 0.25) is 0 Å². The minimum atomic E-state index is 0. The predicted octanol–water partition coefficient (Wildman–Crippen LogP) is 12.1. The number of hydrogen-bond acceptors (Lipinski definition) is 7. The Morgan fingerprint density at radius 1 is 0.552 bits per heavy atom. The molecule has 1 saturated heterocycles. The van der Waals surface area contributed by atoms with E-state index in [0.717, 1.165) is 57.5 Å². The predicted molar refractivity (Wildman–Crippen MR) is 276 cm³/mol. The second-order valence-corrected chi connectivity index (χ2v) is 21.1. The lowest BCUT2D eigenvalue weighted by Crippen LogP contribution is -2.59. The van der Waals surface area contributed by atoms with E-state index in [1.807, 2.05) is 42.5 Å². The lowest BCUT2D eigenvalue weighted by atomic mass is 9.53. The number of aliphatic hydroxyl groups is 3. The molecule has 7 nitrogen and oxygen atoms in total. The Bertz CT molecular complexity index is 2140. The molecular weight excluding hydrogens is 899 g/mol. The zero-order chi connectivity index (χ0) is 46.0. The molecule has 0 amide bonds. The monoisotopic (exact) mass is 978 g/mol. The number of phenolic OH excluding ortho intramolecular Hbond substituents is 3. The van der Waals surface area contributed by atoms with Crippen LogP contribution >= 0.6 is 17.0 Å². The van der Waals surface area contributed by atoms with E-state index in [1.54, 1.807) is 18.2 Å². The van der Waals surface area contributed by atoms with E-state index in [0.29, 0.717) is 53.6 Å². The highest BCUT2D eigenvalue weighted by Crippen LogP contribution is 2.57. The van der Waals surface area contributed by atoms with Crippen molar-refractivity contribution in [3.8, 4) is 17.2 Å². The van der Waals surface area contributed by atoms with Crippen molar-refractivity contribution in [2.24, 2.45) is 29.6 Å². The van der Waals surface area contributed by atoms with Gasteiger partial charge in [0.1, 0.15) is 17.2 Å². The van der Waals surface area contributed by atoms with Crippen LogP contribution in [0.3, 0.4) is 0 Å². The molecule has 6 N–H and O–H groups in total. The fraction of sp³-hybridized carbons (Fsp3) is 0.559. The third kappa shape index (κ3) is 11.2. The van der Waals surface area contributed by atoms with Crippen molar-refractivity contribution in [1.29, 1.82) is 0 Å². The Hall–Kier alpha value is -3.66. The molecule has 5 atom stereocenters. The Labute approximate surface area is 412 Å². The number of benzene rings is 4. The fourth-order valence-electron chi connectivity index (χ4n) is 15.0. The number of halogens is 1. The molecule has 364 valence electrons. The van der Waals surface area contributed by atoms with Crippen LogP contribution in [0.1, 0.15) is 138 Å². The van der Waals surface area contributed by atoms with E-state index in [-0.39, 0.29) is 46.4 Å². The highest BCUT2D eigenvalue weighted by Gasteiger charge is 2.52. The Morgan fingerprint density at radius 3 is 1.58 bits per heavy atom. The van der Waals surface area contributed by atoms with Gasteiger partial charge in [-0.1, -0.05) is 124 Å². The lowest BCUT2D eigenvalue weighted by Gasteiger charge is -2.57. The van der Waals surface area contributed by atoms with Crippen LogP contribution in [-0.2, 0) is 22.7 Å². The summed E-state index contributed by atoms with van der Waals surface area (Å²) in [6.07, 6.45) is 27.0. The molecule has 8 heteroatoms. The van der Waals surface area contributed by atoms with Gasteiger partial charge in [-0.2, -0.15) is 0 Å². The first-order chi connectivity index (χ1) is 32.2. The zero-order valence-electron chi connectivity index (χ0n) is 39.9. The number of piperidine rings is 1. The molecular formula is C59H80BrNO6. The first-order valence-corrected chi connectivity index (χ1v) is 25.9. The summed E-state index contributed by atoms with van der Waals surface area (Å²) in [6, 6.07) is 34.9. The van der Waals surface area contributed by atoms with Gasteiger partial charge in [0.15, 0.2) is 0 Å². The summed E-state index contributed by atoms with van der Waals surface area (Å²) in [5.74, 6) is 3.98. The minimum Gasteiger partial charge on any atom is -0.508 e. The fourth-order valence-corrected chi connectivity index (χ4v) is 15.0. The van der Waals surface area contributed by atoms with Gasteiger partial charge in [-0.25, -0.2) is 0 Å². The van der Waals surface area contributed by atoms with Crippen molar-refractivity contribution in [3.05, 3.63) is 138 Å². The highest BCUT2D eigenvalue weighted by atomic mass is 79.9. The van der Waals surface area contributed by atoms with E-state index < -0.39 is 0 Å². The standard InChI is InChI=1S/C25H33NO2.C18H24O2.C16H22O2.BrH/c27-18-6-11-23-24-12-5-14-25(23,21-9-4-10-22(28)19-21)15-17-26(24)16-13-20-7-2-1-3-8-20;19-12-4-9-17-14-5-2-10-18(17,11-3-6-14)15-7-1-8-16(20)13-15;17-11-15-12-4-2-8-16(15,9-3-5-12)13-6-1-7-14(18)10-13;/h1-4,7-10,19,23-24,27-28H,5-6,11-18H2;1,4,7-9,13-14,17,19-20H,2-3,5-6,10-12H2;1,6-7,10,12,15,17-18H,2-5,8-9,11H2;1H/b;9-4+;;/t23-,24-,25+;14?,17-,18?;12?,15-,16?;/m000./s1. The molecule has 6 fully saturated rings. The molecule has 1 aliphatic heterocycles. The van der Waals surface area contributed by atoms with Gasteiger partial charge in [0.25, 0.3) is 0 Å². The van der Waals surface area contributed by atoms with Gasteiger partial charge in [0.2, 0.25) is 0 Å². The molecule has 1 heterocycles. The average Bonchev–Trinajstić information content (AvgIpc) is 3.32. The Morgan fingerprint density at radius 2 is 1.06 bits per heavy atom. The summed E-state index contributed by atoms with van der Waals surface area (Å²) in [6.45, 7) is 2.92. The van der Waals surface area contributed by atoms with Crippen LogP contribution in [0.25, 0.3) is 0 Å². The second-order valence-electron chi connectivity index (χ2n) is 21.1. The van der Waals surface area contributed by atoms with Crippen molar-refractivity contribution in [1.82, 2.24) is 4.90 Å². The molecule has 4 aromatic rings. The number of rotatable bonds is 12. The average molecular weight is 979 g/mol. The Balaban J connectivity index is 0.000000152. The first kappa shape index (κ1) is 51.2. The van der Waals surface area contributed by atoms with E-state index in [4.69, 9.17) is 5.11 Å². The van der Waals surface area contributed by atoms with E-state index in [2.05, 4.69) is 59.5 Å². The summed E-state index contributed by atoms with van der Waals surface area (Å²) in [5.41, 5.74) is 5.69. The summed E-state index contributed by atoms with van der Waals surface area (Å²) >= 11 is 0. The maximum absolute atomic E-state index is 10.1. The van der Waals surface area contributed by atoms with Crippen molar-refractivity contribution in [2.45, 2.75) is 144 Å². The van der Waals surface area contributed by atoms with Gasteiger partial charge < -0.3 is 30.6 Å². The lowest BCUT2D eigenvalue weighted by molar-refractivity contribution is -0.0180. The molecule has 67 heavy (non-hydrogen) atoms. The van der Waals surface area contributed by atoms with Gasteiger partial charge in [-0.3, -0.25) is 4.90 Å². The maximum Gasteiger partial charge on any atom is 0.115 e. The van der Waals surface area contributed by atoms with Gasteiger partial charge in [0, 0.05) is 42.0 Å². The molecule has 0 unspecified atom stereocenters. The van der Waals surface area contributed by atoms with Crippen LogP contribution in [0.4, 0.5) is 0 Å². The van der Waals surface area contributed by atoms with E-state index >= 15 is 0 Å². The van der Waals surface area contributed by atoms with Crippen LogP contribution in [0.5, 0.6) is 17.2 Å². The SMILES string of the molecule is Br.OC/C=C/[C@H]1C2CCCC1(c1cccc(O)c1)CCC2.OCCC[C@H]1[C@@H]2CCC[C@]1(c1cccc(O)c1)CCN2CCc1ccccc1.OC[C@H]1C2CCCC1(c1cccc(O)c1)CCC2. The van der Waals surface area contributed by atoms with Crippen LogP contribution < -0.4 is 0 Å². The van der Waals surface area contributed by atoms with Crippen molar-refractivity contribution in [3.63, 3.8) is 0 Å². The number of likely N-dealkylation sites (tertiary alicyclic amines) is 1. The molecule has 10 rings (SSSR count). The topological polar surface area (TPSA) is 125 Å². The normalized spacial score (nSPS) is 31.0. The van der Waals surface area contributed by atoms with Gasteiger partial charge in [-0.15, -0.1) is 17.0 Å². The number of nitrogens with zero attached hydrogens (tertiary/aromatic N) is 1. The molecule has 5 saturated carbocycles. The molecule has 4 aromatic carbocycles. The largest absolute Gasteiger partial charge is 0.508 e. The summed E-state index contributed by atoms with van der Waals surface area (Å²) in [7, 11) is 0. The zero-order valence-corrected chi connectivity index (χ0v) is 41.7. The first-order valence-electron chi connectivity index (χ1n) is 25.9. The van der Waals surface area contributed by atoms with Crippen LogP contribution in [0, 0.1) is 29.6 Å². The quantitative estimate of drug-likeness (QED) is 0.0781. The second kappa shape index (κ2) is 23.8. The number of allylic oxidation sites excluding steroid dienone is 1. The van der Waals surface area contributed by atoms with Gasteiger partial charge >= 0.3 is 0 Å². The van der Waals surface area contributed by atoms with Gasteiger partial charge in [-0.05, 0) is 172 Å². The third-order valence-corrected chi connectivity index (χ3v) is 17.9. The number of aliphatic hydroxyl groups excluding tert-OH is 3. The minimum absolute atomic E-state index is 0. The number of hydrogen-bond donors (Lipinski definition) is 6. The molecule has 0 spiro atoms. The third-order valence-electron chi connectivity index (χ3n) is 17.9.